The van der Waals surface area contributed by atoms with Gasteiger partial charge >= 0.3 is 0 Å². The molecule has 0 spiro atoms. The highest BCUT2D eigenvalue weighted by molar-refractivity contribution is 7.34. The van der Waals surface area contributed by atoms with E-state index in [0.29, 0.717) is 0 Å². The second kappa shape index (κ2) is 17.4. The minimum Gasteiger partial charge on any atom is -0.458 e. The first-order valence-electron chi connectivity index (χ1n) is 30.4. The number of thiophene rings is 2. The molecule has 0 saturated heterocycles. The number of nitrogens with zero attached hydrogens (tertiary/aromatic N) is 2. The fourth-order valence-corrected chi connectivity index (χ4v) is 18.9. The zero-order valence-corrected chi connectivity index (χ0v) is 51.3. The number of hydrogen-bond donors (Lipinski definition) is 0. The van der Waals surface area contributed by atoms with E-state index in [4.69, 9.17) is 9.47 Å². The molecule has 0 radical (unpaired) electrons. The molecule has 0 N–H and O–H groups in total. The Morgan fingerprint density at radius 2 is 0.798 bits per heavy atom. The molecule has 0 bridgehead atoms. The monoisotopic (exact) mass is 1120 g/mol. The van der Waals surface area contributed by atoms with E-state index in [0.717, 1.165) is 60.1 Å². The maximum atomic E-state index is 7.70. The van der Waals surface area contributed by atoms with Crippen molar-refractivity contribution in [1.82, 2.24) is 0 Å². The Balaban J connectivity index is 0.945. The fourth-order valence-electron chi connectivity index (χ4n) is 16.3. The highest BCUT2D eigenvalue weighted by atomic mass is 32.1. The minimum absolute atomic E-state index is 0.0194. The summed E-state index contributed by atoms with van der Waals surface area (Å²) >= 11 is 3.87. The van der Waals surface area contributed by atoms with Crippen molar-refractivity contribution >= 4 is 122 Å². The molecule has 8 heteroatoms. The summed E-state index contributed by atoms with van der Waals surface area (Å²) in [6, 6.07) is 64.5. The third kappa shape index (κ3) is 7.01. The van der Waals surface area contributed by atoms with Crippen molar-refractivity contribution in [3.63, 3.8) is 0 Å². The summed E-state index contributed by atoms with van der Waals surface area (Å²) in [6.45, 7) is 24.0. The van der Waals surface area contributed by atoms with Crippen LogP contribution in [-0.2, 0) is 21.7 Å². The van der Waals surface area contributed by atoms with Crippen molar-refractivity contribution in [2.75, 3.05) is 9.80 Å². The minimum atomic E-state index is -0.110. The quantitative estimate of drug-likeness (QED) is 0.164. The van der Waals surface area contributed by atoms with E-state index >= 15 is 0 Å². The van der Waals surface area contributed by atoms with Gasteiger partial charge in [-0.1, -0.05) is 159 Å². The van der Waals surface area contributed by atoms with Crippen LogP contribution in [0.1, 0.15) is 114 Å². The third-order valence-corrected chi connectivity index (χ3v) is 23.1. The lowest BCUT2D eigenvalue weighted by Gasteiger charge is -2.44. The molecule has 0 atom stereocenters. The molecule has 2 aliphatic carbocycles. The highest BCUT2D eigenvalue weighted by Crippen LogP contribution is 2.56. The number of fused-ring (bicyclic) bond motifs is 14. The van der Waals surface area contributed by atoms with Gasteiger partial charge in [-0.3, -0.25) is 0 Å². The molecule has 0 saturated carbocycles. The summed E-state index contributed by atoms with van der Waals surface area (Å²) < 4.78 is 20.6. The molecule has 4 aliphatic heterocycles. The van der Waals surface area contributed by atoms with Gasteiger partial charge < -0.3 is 19.3 Å². The van der Waals surface area contributed by atoms with Crippen LogP contribution in [0.4, 0.5) is 34.1 Å². The van der Waals surface area contributed by atoms with Crippen LogP contribution < -0.4 is 50.7 Å². The van der Waals surface area contributed by atoms with Gasteiger partial charge in [0.2, 0.25) is 0 Å². The van der Waals surface area contributed by atoms with Crippen LogP contribution in [0.15, 0.2) is 170 Å². The Kier molecular flexibility index (Phi) is 10.5. The van der Waals surface area contributed by atoms with Crippen molar-refractivity contribution in [2.45, 2.75) is 117 Å². The summed E-state index contributed by atoms with van der Waals surface area (Å²) in [4.78, 5) is 5.14. The number of anilines is 6. The Hall–Kier alpha value is -7.77. The van der Waals surface area contributed by atoms with Crippen LogP contribution in [0, 0.1) is 13.8 Å². The predicted octanol–water partition coefficient (Wildman–Crippen LogP) is 17.6. The summed E-state index contributed by atoms with van der Waals surface area (Å²) in [7, 11) is 0. The van der Waals surface area contributed by atoms with E-state index in [2.05, 4.69) is 249 Å². The average molecular weight is 1130 g/mol. The first kappa shape index (κ1) is 50.7. The maximum absolute atomic E-state index is 7.70. The van der Waals surface area contributed by atoms with Crippen molar-refractivity contribution < 1.29 is 9.47 Å². The first-order chi connectivity index (χ1) is 40.5. The van der Waals surface area contributed by atoms with E-state index in [-0.39, 0.29) is 35.1 Å². The molecule has 2 aromatic heterocycles. The van der Waals surface area contributed by atoms with Crippen LogP contribution in [0.25, 0.3) is 42.4 Å². The lowest BCUT2D eigenvalue weighted by molar-refractivity contribution is 0.332. The summed E-state index contributed by atoms with van der Waals surface area (Å²) in [5, 5.41) is 2.53. The van der Waals surface area contributed by atoms with E-state index in [1.807, 2.05) is 22.7 Å². The topological polar surface area (TPSA) is 24.9 Å². The zero-order chi connectivity index (χ0) is 57.1. The summed E-state index contributed by atoms with van der Waals surface area (Å²) in [5.41, 5.74) is 25.5. The van der Waals surface area contributed by atoms with Gasteiger partial charge in [-0.2, -0.15) is 0 Å². The summed E-state index contributed by atoms with van der Waals surface area (Å²) in [6.07, 6.45) is 4.57. The average Bonchev–Trinajstić information content (AvgIpc) is 1.31. The van der Waals surface area contributed by atoms with Gasteiger partial charge in [0, 0.05) is 58.5 Å². The van der Waals surface area contributed by atoms with E-state index in [9.17, 15) is 0 Å². The van der Waals surface area contributed by atoms with Crippen molar-refractivity contribution in [3.8, 4) is 45.3 Å². The fraction of sp³-hybridized carbons (Fsp3) is 0.237. The van der Waals surface area contributed by atoms with Crippen molar-refractivity contribution in [2.24, 2.45) is 0 Å². The number of para-hydroxylation sites is 2. The van der Waals surface area contributed by atoms with Crippen molar-refractivity contribution in [1.29, 1.82) is 0 Å². The second-order valence-corrected chi connectivity index (χ2v) is 29.8. The van der Waals surface area contributed by atoms with Gasteiger partial charge in [-0.15, -0.1) is 22.7 Å². The van der Waals surface area contributed by atoms with Gasteiger partial charge in [0.25, 0.3) is 13.4 Å². The van der Waals surface area contributed by atoms with E-state index in [1.54, 1.807) is 0 Å². The molecular formula is C76H66B2N2O2S2. The first-order valence-corrected chi connectivity index (χ1v) is 32.0. The lowest BCUT2D eigenvalue weighted by Crippen LogP contribution is -2.62. The molecule has 9 aromatic carbocycles. The molecule has 11 aromatic rings. The number of aryl methyl sites for hydroxylation is 2. The number of hydrogen-bond acceptors (Lipinski definition) is 6. The number of ether oxygens (including phenoxy) is 2. The van der Waals surface area contributed by atoms with Gasteiger partial charge in [0.1, 0.15) is 23.0 Å². The second-order valence-electron chi connectivity index (χ2n) is 27.7. The number of rotatable bonds is 4. The SMILES string of the molecule is Cc1ccc2c(c1-c1cc3c4c(c1)N(c1ccccc1)c1c(sc5ccccc15)B4c1cc4c(cc1O3)Oc1cc(-c3c(C)ccc5c3C(C)(C)CCC5(C)C)cc3c1B4c1sc4ccccc4c1N3c1ccccc1)C(C)(C)CCC2(C)C. The molecule has 6 heterocycles. The molecular weight excluding hydrogens is 1060 g/mol. The molecule has 0 unspecified atom stereocenters. The van der Waals surface area contributed by atoms with Gasteiger partial charge in [0.15, 0.2) is 0 Å². The van der Waals surface area contributed by atoms with Crippen LogP contribution in [0.3, 0.4) is 0 Å². The zero-order valence-electron chi connectivity index (χ0n) is 49.7. The molecule has 0 fully saturated rings. The Bertz CT molecular complexity index is 4390. The third-order valence-electron chi connectivity index (χ3n) is 20.7. The highest BCUT2D eigenvalue weighted by Gasteiger charge is 2.50. The van der Waals surface area contributed by atoms with Crippen molar-refractivity contribution in [3.05, 3.63) is 203 Å². The smallest absolute Gasteiger partial charge is 0.268 e. The molecule has 17 rings (SSSR count). The maximum Gasteiger partial charge on any atom is 0.268 e. The Morgan fingerprint density at radius 1 is 0.405 bits per heavy atom. The molecule has 4 nitrogen and oxygen atoms in total. The van der Waals surface area contributed by atoms with Crippen LogP contribution in [0.2, 0.25) is 0 Å². The Morgan fingerprint density at radius 3 is 1.23 bits per heavy atom. The van der Waals surface area contributed by atoms with Gasteiger partial charge in [-0.05, 0) is 199 Å². The predicted molar refractivity (Wildman–Crippen MR) is 360 cm³/mol. The van der Waals surface area contributed by atoms with Crippen LogP contribution in [0.5, 0.6) is 23.0 Å². The molecule has 410 valence electrons. The van der Waals surface area contributed by atoms with Gasteiger partial charge in [-0.25, -0.2) is 0 Å². The Labute approximate surface area is 502 Å². The largest absolute Gasteiger partial charge is 0.458 e. The van der Waals surface area contributed by atoms with Gasteiger partial charge in [0.05, 0.1) is 11.4 Å². The number of benzene rings is 9. The molecule has 0 amide bonds. The molecule has 6 aliphatic rings. The van der Waals surface area contributed by atoms with Crippen LogP contribution in [-0.4, -0.2) is 13.4 Å². The normalized spacial score (nSPS) is 17.5. The standard InChI is InChI=1S/C76H66B2N2O2S2/c1-43-29-31-51-65(75(7,8)35-33-73(51,3)4)63(43)45-37-55-67-59(39-45)81-57-42-58-54(41-53(57)77(67)71-69(49-25-17-19-27-61(49)83-71)79(55)47-21-13-11-14-22-47)78-68-56(80(48-23-15-12-16-24-48)70-50-26-18-20-28-62(50)84-72(70)78)38-46(40-60(68)82-58)64-44(2)30-32-52-66(64)76(9,10)36-34-74(52,5)6/h11-32,37-42H,33-36H2,1-10H3. The molecule has 84 heavy (non-hydrogen) atoms. The lowest BCUT2D eigenvalue weighted by atomic mass is 9.33. The van der Waals surface area contributed by atoms with E-state index in [1.165, 1.54) is 130 Å². The van der Waals surface area contributed by atoms with E-state index < -0.39 is 0 Å². The summed E-state index contributed by atoms with van der Waals surface area (Å²) in [5.74, 6) is 3.53. The van der Waals surface area contributed by atoms with Crippen LogP contribution >= 0.6 is 22.7 Å².